The van der Waals surface area contributed by atoms with Crippen LogP contribution in [0.25, 0.3) is 6.08 Å². The Hall–Kier alpha value is -2.64. The minimum Gasteiger partial charge on any atom is -0.493 e. The molecule has 0 aromatic heterocycles. The number of carbonyl (C=O) groups is 1. The summed E-state index contributed by atoms with van der Waals surface area (Å²) in [6, 6.07) is 12.9. The van der Waals surface area contributed by atoms with Crippen molar-refractivity contribution in [2.24, 2.45) is 0 Å². The third kappa shape index (κ3) is 4.91. The molecule has 2 aromatic carbocycles. The molecule has 7 heteroatoms. The topological polar surface area (TPSA) is 66.9 Å². The van der Waals surface area contributed by atoms with Crippen LogP contribution >= 0.6 is 0 Å². The Balaban J connectivity index is 1.64. The molecule has 1 aliphatic rings. The number of para-hydroxylation sites is 1. The molecule has 1 aliphatic heterocycles. The fourth-order valence-corrected chi connectivity index (χ4v) is 5.18. The average Bonchev–Trinajstić information content (AvgIpc) is 2.73. The standard InChI is InChI=1S/C23H28N2O4S/c1-4-29-21-8-6-5-7-20(21)10-12-23(26)24-13-15-25(16-14-24)30(27,28)22-11-9-18(2)17-19(22)3/h5-12,17H,4,13-16H2,1-3H3. The summed E-state index contributed by atoms with van der Waals surface area (Å²) in [4.78, 5) is 14.6. The van der Waals surface area contributed by atoms with Gasteiger partial charge in [0.15, 0.2) is 0 Å². The molecular weight excluding hydrogens is 400 g/mol. The lowest BCUT2D eigenvalue weighted by molar-refractivity contribution is -0.127. The lowest BCUT2D eigenvalue weighted by Crippen LogP contribution is -2.50. The molecular formula is C23H28N2O4S. The summed E-state index contributed by atoms with van der Waals surface area (Å²) >= 11 is 0. The maximum atomic E-state index is 13.0. The summed E-state index contributed by atoms with van der Waals surface area (Å²) in [5, 5.41) is 0. The van der Waals surface area contributed by atoms with Gasteiger partial charge in [0.25, 0.3) is 0 Å². The number of nitrogens with zero attached hydrogens (tertiary/aromatic N) is 2. The van der Waals surface area contributed by atoms with Crippen LogP contribution in [0.2, 0.25) is 0 Å². The molecule has 1 fully saturated rings. The van der Waals surface area contributed by atoms with Crippen molar-refractivity contribution in [2.45, 2.75) is 25.7 Å². The number of aryl methyl sites for hydroxylation is 2. The van der Waals surface area contributed by atoms with Gasteiger partial charge in [-0.3, -0.25) is 4.79 Å². The molecule has 0 radical (unpaired) electrons. The quantitative estimate of drug-likeness (QED) is 0.663. The summed E-state index contributed by atoms with van der Waals surface area (Å²) in [6.45, 7) is 7.50. The fraction of sp³-hybridized carbons (Fsp3) is 0.348. The van der Waals surface area contributed by atoms with Gasteiger partial charge in [0.05, 0.1) is 11.5 Å². The highest BCUT2D eigenvalue weighted by atomic mass is 32.2. The SMILES string of the molecule is CCOc1ccccc1C=CC(=O)N1CCN(S(=O)(=O)c2ccc(C)cc2C)CC1. The Kier molecular flexibility index (Phi) is 6.95. The molecule has 0 unspecified atom stereocenters. The van der Waals surface area contributed by atoms with E-state index in [0.717, 1.165) is 22.4 Å². The van der Waals surface area contributed by atoms with E-state index < -0.39 is 10.0 Å². The van der Waals surface area contributed by atoms with Crippen LogP contribution in [0.1, 0.15) is 23.6 Å². The van der Waals surface area contributed by atoms with E-state index in [1.165, 1.54) is 10.4 Å². The van der Waals surface area contributed by atoms with Gasteiger partial charge in [-0.1, -0.05) is 35.9 Å². The molecule has 0 bridgehead atoms. The van der Waals surface area contributed by atoms with Crippen molar-refractivity contribution in [3.05, 3.63) is 65.2 Å². The summed E-state index contributed by atoms with van der Waals surface area (Å²) in [5.41, 5.74) is 2.60. The zero-order chi connectivity index (χ0) is 21.7. The van der Waals surface area contributed by atoms with Crippen LogP contribution in [0.5, 0.6) is 5.75 Å². The van der Waals surface area contributed by atoms with Crippen LogP contribution in [-0.2, 0) is 14.8 Å². The Morgan fingerprint density at radius 3 is 2.43 bits per heavy atom. The van der Waals surface area contributed by atoms with Crippen LogP contribution in [0.15, 0.2) is 53.4 Å². The van der Waals surface area contributed by atoms with E-state index in [1.807, 2.05) is 57.2 Å². The van der Waals surface area contributed by atoms with Gasteiger partial charge in [0.1, 0.15) is 5.75 Å². The van der Waals surface area contributed by atoms with E-state index in [4.69, 9.17) is 4.74 Å². The fourth-order valence-electron chi connectivity index (χ4n) is 3.55. The molecule has 0 N–H and O–H groups in total. The summed E-state index contributed by atoms with van der Waals surface area (Å²) in [6.07, 6.45) is 3.26. The molecule has 2 aromatic rings. The number of piperazine rings is 1. The number of benzene rings is 2. The number of rotatable bonds is 6. The number of carbonyl (C=O) groups excluding carboxylic acids is 1. The first kappa shape index (κ1) is 22.1. The van der Waals surface area contributed by atoms with Crippen molar-refractivity contribution in [2.75, 3.05) is 32.8 Å². The van der Waals surface area contributed by atoms with Gasteiger partial charge in [0.2, 0.25) is 15.9 Å². The van der Waals surface area contributed by atoms with Crippen LogP contribution < -0.4 is 4.74 Å². The predicted octanol–water partition coefficient (Wildman–Crippen LogP) is 3.25. The zero-order valence-corrected chi connectivity index (χ0v) is 18.5. The smallest absolute Gasteiger partial charge is 0.246 e. The molecule has 1 heterocycles. The van der Waals surface area contributed by atoms with Crippen molar-refractivity contribution in [3.8, 4) is 5.75 Å². The second-order valence-electron chi connectivity index (χ2n) is 7.30. The molecule has 1 amide bonds. The Morgan fingerprint density at radius 2 is 1.77 bits per heavy atom. The van der Waals surface area contributed by atoms with Gasteiger partial charge in [-0.15, -0.1) is 0 Å². The second kappa shape index (κ2) is 9.45. The van der Waals surface area contributed by atoms with Crippen molar-refractivity contribution in [3.63, 3.8) is 0 Å². The van der Waals surface area contributed by atoms with E-state index in [0.29, 0.717) is 24.6 Å². The number of amides is 1. The van der Waals surface area contributed by atoms with Gasteiger partial charge in [0, 0.05) is 37.8 Å². The van der Waals surface area contributed by atoms with Crippen molar-refractivity contribution in [1.29, 1.82) is 0 Å². The zero-order valence-electron chi connectivity index (χ0n) is 17.7. The Morgan fingerprint density at radius 1 is 1.07 bits per heavy atom. The molecule has 160 valence electrons. The van der Waals surface area contributed by atoms with Gasteiger partial charge < -0.3 is 9.64 Å². The highest BCUT2D eigenvalue weighted by Gasteiger charge is 2.30. The Bertz CT molecular complexity index is 1040. The molecule has 0 spiro atoms. The van der Waals surface area contributed by atoms with E-state index in [2.05, 4.69) is 0 Å². The molecule has 0 saturated carbocycles. The van der Waals surface area contributed by atoms with Gasteiger partial charge in [-0.05, 0) is 44.5 Å². The summed E-state index contributed by atoms with van der Waals surface area (Å²) in [5.74, 6) is 0.596. The molecule has 1 saturated heterocycles. The normalized spacial score (nSPS) is 15.5. The lowest BCUT2D eigenvalue weighted by Gasteiger charge is -2.33. The largest absolute Gasteiger partial charge is 0.493 e. The molecule has 30 heavy (non-hydrogen) atoms. The number of hydrogen-bond acceptors (Lipinski definition) is 4. The summed E-state index contributed by atoms with van der Waals surface area (Å²) < 4.78 is 33.0. The first-order chi connectivity index (χ1) is 14.3. The van der Waals surface area contributed by atoms with Gasteiger partial charge in [-0.2, -0.15) is 4.31 Å². The minimum absolute atomic E-state index is 0.134. The molecule has 0 aliphatic carbocycles. The number of hydrogen-bond donors (Lipinski definition) is 0. The van der Waals surface area contributed by atoms with E-state index >= 15 is 0 Å². The number of sulfonamides is 1. The van der Waals surface area contributed by atoms with Crippen LogP contribution in [0, 0.1) is 13.8 Å². The van der Waals surface area contributed by atoms with Crippen LogP contribution in [0.3, 0.4) is 0 Å². The van der Waals surface area contributed by atoms with E-state index in [9.17, 15) is 13.2 Å². The number of ether oxygens (including phenoxy) is 1. The third-order valence-corrected chi connectivity index (χ3v) is 7.18. The summed E-state index contributed by atoms with van der Waals surface area (Å²) in [7, 11) is -3.56. The van der Waals surface area contributed by atoms with E-state index in [-0.39, 0.29) is 19.0 Å². The first-order valence-electron chi connectivity index (χ1n) is 10.1. The van der Waals surface area contributed by atoms with Gasteiger partial charge >= 0.3 is 0 Å². The van der Waals surface area contributed by atoms with Crippen molar-refractivity contribution >= 4 is 22.0 Å². The third-order valence-electron chi connectivity index (χ3n) is 5.12. The first-order valence-corrected chi connectivity index (χ1v) is 11.5. The minimum atomic E-state index is -3.56. The second-order valence-corrected chi connectivity index (χ2v) is 9.21. The average molecular weight is 429 g/mol. The maximum Gasteiger partial charge on any atom is 0.246 e. The highest BCUT2D eigenvalue weighted by Crippen LogP contribution is 2.23. The predicted molar refractivity (Wildman–Crippen MR) is 118 cm³/mol. The van der Waals surface area contributed by atoms with E-state index in [1.54, 1.807) is 17.0 Å². The maximum absolute atomic E-state index is 13.0. The van der Waals surface area contributed by atoms with Crippen molar-refractivity contribution in [1.82, 2.24) is 9.21 Å². The van der Waals surface area contributed by atoms with Crippen molar-refractivity contribution < 1.29 is 17.9 Å². The van der Waals surface area contributed by atoms with Crippen LogP contribution in [-0.4, -0.2) is 56.3 Å². The molecule has 0 atom stereocenters. The molecule has 6 nitrogen and oxygen atoms in total. The Labute approximate surface area is 178 Å². The van der Waals surface area contributed by atoms with Gasteiger partial charge in [-0.25, -0.2) is 8.42 Å². The van der Waals surface area contributed by atoms with Crippen LogP contribution in [0.4, 0.5) is 0 Å². The monoisotopic (exact) mass is 428 g/mol. The lowest BCUT2D eigenvalue weighted by atomic mass is 10.2. The highest BCUT2D eigenvalue weighted by molar-refractivity contribution is 7.89. The molecule has 3 rings (SSSR count).